The van der Waals surface area contributed by atoms with E-state index in [-0.39, 0.29) is 6.61 Å². The summed E-state index contributed by atoms with van der Waals surface area (Å²) in [5, 5.41) is 11.7. The molecule has 0 aliphatic heterocycles. The Morgan fingerprint density at radius 1 is 1.13 bits per heavy atom. The molecule has 1 N–H and O–H groups in total. The molecule has 1 heteroatoms. The molecular weight excluding hydrogens is 184 g/mol. The van der Waals surface area contributed by atoms with E-state index >= 15 is 0 Å². The van der Waals surface area contributed by atoms with E-state index in [1.165, 1.54) is 10.9 Å². The van der Waals surface area contributed by atoms with E-state index in [4.69, 9.17) is 0 Å². The fourth-order valence-corrected chi connectivity index (χ4v) is 1.88. The lowest BCUT2D eigenvalue weighted by Gasteiger charge is -2.10. The third-order valence-electron chi connectivity index (χ3n) is 2.81. The zero-order valence-corrected chi connectivity index (χ0v) is 9.20. The van der Waals surface area contributed by atoms with Gasteiger partial charge in [-0.3, -0.25) is 0 Å². The van der Waals surface area contributed by atoms with Crippen molar-refractivity contribution in [3.8, 4) is 0 Å². The van der Waals surface area contributed by atoms with Crippen molar-refractivity contribution in [2.75, 3.05) is 0 Å². The Morgan fingerprint density at radius 2 is 1.87 bits per heavy atom. The Labute approximate surface area is 90.4 Å². The first-order chi connectivity index (χ1) is 7.22. The number of rotatable bonds is 2. The fourth-order valence-electron chi connectivity index (χ4n) is 1.88. The van der Waals surface area contributed by atoms with E-state index in [0.29, 0.717) is 5.92 Å². The normalized spacial score (nSPS) is 11.2. The van der Waals surface area contributed by atoms with Gasteiger partial charge in [0, 0.05) is 0 Å². The van der Waals surface area contributed by atoms with E-state index in [1.807, 2.05) is 12.1 Å². The highest BCUT2D eigenvalue weighted by molar-refractivity contribution is 5.86. The van der Waals surface area contributed by atoms with Crippen LogP contribution in [0.2, 0.25) is 0 Å². The van der Waals surface area contributed by atoms with Gasteiger partial charge in [-0.25, -0.2) is 0 Å². The van der Waals surface area contributed by atoms with Gasteiger partial charge in [0.1, 0.15) is 0 Å². The minimum Gasteiger partial charge on any atom is -0.392 e. The molecule has 0 aliphatic carbocycles. The van der Waals surface area contributed by atoms with Gasteiger partial charge in [0.25, 0.3) is 0 Å². The summed E-state index contributed by atoms with van der Waals surface area (Å²) in [4.78, 5) is 0. The van der Waals surface area contributed by atoms with Gasteiger partial charge < -0.3 is 5.11 Å². The highest BCUT2D eigenvalue weighted by Gasteiger charge is 2.05. The van der Waals surface area contributed by atoms with Crippen LogP contribution in [0.3, 0.4) is 0 Å². The zero-order valence-electron chi connectivity index (χ0n) is 9.20. The maximum atomic E-state index is 9.34. The van der Waals surface area contributed by atoms with Crippen molar-refractivity contribution in [1.82, 2.24) is 0 Å². The quantitative estimate of drug-likeness (QED) is 0.787. The lowest BCUT2D eigenvalue weighted by Crippen LogP contribution is -1.92. The van der Waals surface area contributed by atoms with Gasteiger partial charge in [-0.15, -0.1) is 0 Å². The van der Waals surface area contributed by atoms with Crippen molar-refractivity contribution in [2.45, 2.75) is 26.4 Å². The Kier molecular flexibility index (Phi) is 2.74. The summed E-state index contributed by atoms with van der Waals surface area (Å²) in [5.74, 6) is 0.500. The minimum absolute atomic E-state index is 0.112. The first kappa shape index (κ1) is 10.2. The van der Waals surface area contributed by atoms with Crippen LogP contribution in [0.1, 0.15) is 30.9 Å². The average molecular weight is 200 g/mol. The van der Waals surface area contributed by atoms with Crippen LogP contribution in [0.5, 0.6) is 0 Å². The molecule has 2 aromatic rings. The molecule has 0 bridgehead atoms. The molecule has 15 heavy (non-hydrogen) atoms. The van der Waals surface area contributed by atoms with Crippen LogP contribution in [-0.4, -0.2) is 5.11 Å². The smallest absolute Gasteiger partial charge is 0.0687 e. The molecule has 1 nitrogen and oxygen atoms in total. The van der Waals surface area contributed by atoms with Crippen LogP contribution >= 0.6 is 0 Å². The number of aliphatic hydroxyl groups excluding tert-OH is 1. The van der Waals surface area contributed by atoms with E-state index < -0.39 is 0 Å². The van der Waals surface area contributed by atoms with Crippen molar-refractivity contribution in [1.29, 1.82) is 0 Å². The highest BCUT2D eigenvalue weighted by Crippen LogP contribution is 2.25. The highest BCUT2D eigenvalue weighted by atomic mass is 16.3. The lowest BCUT2D eigenvalue weighted by molar-refractivity contribution is 0.283. The lowest BCUT2D eigenvalue weighted by atomic mass is 9.95. The summed E-state index contributed by atoms with van der Waals surface area (Å²) >= 11 is 0. The first-order valence-electron chi connectivity index (χ1n) is 5.35. The maximum absolute atomic E-state index is 9.34. The fraction of sp³-hybridized carbons (Fsp3) is 0.286. The second-order valence-corrected chi connectivity index (χ2v) is 4.21. The third-order valence-corrected chi connectivity index (χ3v) is 2.81. The van der Waals surface area contributed by atoms with E-state index in [0.717, 1.165) is 10.9 Å². The van der Waals surface area contributed by atoms with E-state index in [1.54, 1.807) is 0 Å². The van der Waals surface area contributed by atoms with Gasteiger partial charge in [0.05, 0.1) is 6.61 Å². The van der Waals surface area contributed by atoms with Gasteiger partial charge in [-0.05, 0) is 27.8 Å². The number of aliphatic hydroxyl groups is 1. The summed E-state index contributed by atoms with van der Waals surface area (Å²) in [6, 6.07) is 12.5. The third kappa shape index (κ3) is 1.88. The van der Waals surface area contributed by atoms with Crippen molar-refractivity contribution in [3.05, 3.63) is 47.5 Å². The van der Waals surface area contributed by atoms with Crippen LogP contribution in [0.25, 0.3) is 10.8 Å². The van der Waals surface area contributed by atoms with Crippen LogP contribution in [0.15, 0.2) is 36.4 Å². The number of hydrogen-bond donors (Lipinski definition) is 1. The van der Waals surface area contributed by atoms with Gasteiger partial charge in [0.15, 0.2) is 0 Å². The Hall–Kier alpha value is -1.34. The molecule has 0 saturated heterocycles. The molecule has 0 aliphatic rings. The van der Waals surface area contributed by atoms with Crippen molar-refractivity contribution >= 4 is 10.8 Å². The molecule has 0 saturated carbocycles. The SMILES string of the molecule is CC(C)c1cc(CO)c2ccccc2c1. The second kappa shape index (κ2) is 4.03. The predicted octanol–water partition coefficient (Wildman–Crippen LogP) is 3.46. The van der Waals surface area contributed by atoms with Gasteiger partial charge in [-0.2, -0.15) is 0 Å². The molecule has 0 fully saturated rings. The second-order valence-electron chi connectivity index (χ2n) is 4.21. The molecule has 0 aromatic heterocycles. The Morgan fingerprint density at radius 3 is 2.53 bits per heavy atom. The first-order valence-corrected chi connectivity index (χ1v) is 5.35. The molecule has 0 radical (unpaired) electrons. The monoisotopic (exact) mass is 200 g/mol. The summed E-state index contributed by atoms with van der Waals surface area (Å²) in [5.41, 5.74) is 2.31. The zero-order chi connectivity index (χ0) is 10.8. The molecule has 0 heterocycles. The predicted molar refractivity (Wildman–Crippen MR) is 64.0 cm³/mol. The summed E-state index contributed by atoms with van der Waals surface area (Å²) < 4.78 is 0. The largest absolute Gasteiger partial charge is 0.392 e. The summed E-state index contributed by atoms with van der Waals surface area (Å²) in [6.07, 6.45) is 0. The van der Waals surface area contributed by atoms with E-state index in [9.17, 15) is 5.11 Å². The van der Waals surface area contributed by atoms with Crippen LogP contribution in [0.4, 0.5) is 0 Å². The summed E-state index contributed by atoms with van der Waals surface area (Å²) in [7, 11) is 0. The molecule has 0 amide bonds. The molecule has 2 aromatic carbocycles. The molecular formula is C14H16O. The van der Waals surface area contributed by atoms with E-state index in [2.05, 4.69) is 38.1 Å². The van der Waals surface area contributed by atoms with Crippen molar-refractivity contribution in [3.63, 3.8) is 0 Å². The topological polar surface area (TPSA) is 20.2 Å². The molecule has 0 unspecified atom stereocenters. The molecule has 2 rings (SSSR count). The Bertz CT molecular complexity index is 472. The maximum Gasteiger partial charge on any atom is 0.0687 e. The molecule has 0 spiro atoms. The summed E-state index contributed by atoms with van der Waals surface area (Å²) in [6.45, 7) is 4.46. The minimum atomic E-state index is 0.112. The number of fused-ring (bicyclic) bond motifs is 1. The van der Waals surface area contributed by atoms with Crippen LogP contribution in [0, 0.1) is 0 Å². The van der Waals surface area contributed by atoms with Gasteiger partial charge >= 0.3 is 0 Å². The standard InChI is InChI=1S/C14H16O/c1-10(2)12-7-11-5-3-4-6-14(11)13(8-12)9-15/h3-8,10,15H,9H2,1-2H3. The van der Waals surface area contributed by atoms with Gasteiger partial charge in [-0.1, -0.05) is 50.2 Å². The van der Waals surface area contributed by atoms with Crippen molar-refractivity contribution < 1.29 is 5.11 Å². The van der Waals surface area contributed by atoms with Crippen LogP contribution in [-0.2, 0) is 6.61 Å². The van der Waals surface area contributed by atoms with Crippen molar-refractivity contribution in [2.24, 2.45) is 0 Å². The average Bonchev–Trinajstić information content (AvgIpc) is 2.27. The number of hydrogen-bond acceptors (Lipinski definition) is 1. The molecule has 0 atom stereocenters. The number of benzene rings is 2. The molecule has 78 valence electrons. The van der Waals surface area contributed by atoms with Gasteiger partial charge in [0.2, 0.25) is 0 Å². The Balaban J connectivity index is 2.71. The van der Waals surface area contributed by atoms with Crippen LogP contribution < -0.4 is 0 Å².